The number of hydrogen-bond acceptors (Lipinski definition) is 6. The lowest BCUT2D eigenvalue weighted by molar-refractivity contribution is -0.148. The normalized spacial score (nSPS) is 20.7. The van der Waals surface area contributed by atoms with Crippen LogP contribution in [0.3, 0.4) is 0 Å². The van der Waals surface area contributed by atoms with Gasteiger partial charge in [0, 0.05) is 6.54 Å². The monoisotopic (exact) mass is 386 g/mol. The molecular formula is C20H22N2O6. The highest BCUT2D eigenvalue weighted by molar-refractivity contribution is 6.05. The Morgan fingerprint density at radius 3 is 2.39 bits per heavy atom. The number of anilines is 1. The zero-order valence-electron chi connectivity index (χ0n) is 15.6. The van der Waals surface area contributed by atoms with Crippen LogP contribution in [0.25, 0.3) is 0 Å². The fourth-order valence-electron chi connectivity index (χ4n) is 3.44. The molecule has 1 aromatic carbocycles. The first-order chi connectivity index (χ1) is 13.5. The Bertz CT molecular complexity index is 793. The van der Waals surface area contributed by atoms with Gasteiger partial charge in [0.1, 0.15) is 5.75 Å². The Morgan fingerprint density at radius 2 is 1.75 bits per heavy atom. The Morgan fingerprint density at radius 1 is 1.11 bits per heavy atom. The van der Waals surface area contributed by atoms with E-state index in [0.29, 0.717) is 24.3 Å². The summed E-state index contributed by atoms with van der Waals surface area (Å²) in [6, 6.07) is 6.86. The number of nitrogens with zero attached hydrogens (tertiary/aromatic N) is 1. The molecule has 2 atom stereocenters. The fourth-order valence-corrected chi connectivity index (χ4v) is 3.44. The first-order valence-corrected chi connectivity index (χ1v) is 9.10. The van der Waals surface area contributed by atoms with Crippen LogP contribution in [-0.2, 0) is 23.9 Å². The van der Waals surface area contributed by atoms with Gasteiger partial charge in [0.25, 0.3) is 5.91 Å². The van der Waals surface area contributed by atoms with E-state index in [1.54, 1.807) is 24.3 Å². The molecule has 8 nitrogen and oxygen atoms in total. The summed E-state index contributed by atoms with van der Waals surface area (Å²) in [5, 5.41) is 2.60. The van der Waals surface area contributed by atoms with E-state index in [9.17, 15) is 19.2 Å². The third-order valence-corrected chi connectivity index (χ3v) is 4.88. The molecule has 1 N–H and O–H groups in total. The second-order valence-corrected chi connectivity index (χ2v) is 6.64. The van der Waals surface area contributed by atoms with Gasteiger partial charge in [0.05, 0.1) is 31.1 Å². The van der Waals surface area contributed by atoms with E-state index in [4.69, 9.17) is 9.47 Å². The lowest BCUT2D eigenvalue weighted by Crippen LogP contribution is -2.33. The molecule has 2 aliphatic rings. The molecule has 28 heavy (non-hydrogen) atoms. The van der Waals surface area contributed by atoms with Crippen molar-refractivity contribution in [3.8, 4) is 5.75 Å². The molecule has 148 valence electrons. The molecule has 3 amide bonds. The summed E-state index contributed by atoms with van der Waals surface area (Å²) in [5.74, 6) is -1.78. The van der Waals surface area contributed by atoms with Crippen LogP contribution in [0, 0.1) is 11.8 Å². The summed E-state index contributed by atoms with van der Waals surface area (Å²) < 4.78 is 10.1. The highest BCUT2D eigenvalue weighted by Gasteiger charge is 2.46. The van der Waals surface area contributed by atoms with E-state index in [2.05, 4.69) is 5.32 Å². The lowest BCUT2D eigenvalue weighted by Gasteiger charge is -2.14. The largest absolute Gasteiger partial charge is 0.495 e. The van der Waals surface area contributed by atoms with E-state index in [1.165, 1.54) is 7.11 Å². The van der Waals surface area contributed by atoms with Crippen LogP contribution in [0.15, 0.2) is 36.4 Å². The zero-order valence-corrected chi connectivity index (χ0v) is 15.6. The first kappa shape index (κ1) is 19.6. The second kappa shape index (κ2) is 8.69. The van der Waals surface area contributed by atoms with Crippen LogP contribution < -0.4 is 10.1 Å². The number of esters is 1. The number of amides is 3. The lowest BCUT2D eigenvalue weighted by atomic mass is 9.85. The predicted octanol–water partition coefficient (Wildman–Crippen LogP) is 1.52. The van der Waals surface area contributed by atoms with Gasteiger partial charge in [-0.15, -0.1) is 0 Å². The molecule has 1 aliphatic heterocycles. The number of imide groups is 1. The Hall–Kier alpha value is -3.16. The number of carbonyl (C=O) groups excluding carboxylic acids is 4. The number of para-hydroxylation sites is 2. The number of fused-ring (bicyclic) bond motifs is 1. The molecule has 1 heterocycles. The maximum absolute atomic E-state index is 12.3. The Balaban J connectivity index is 1.44. The third-order valence-electron chi connectivity index (χ3n) is 4.88. The van der Waals surface area contributed by atoms with E-state index >= 15 is 0 Å². The van der Waals surface area contributed by atoms with Crippen molar-refractivity contribution in [3.63, 3.8) is 0 Å². The number of benzene rings is 1. The topological polar surface area (TPSA) is 102 Å². The van der Waals surface area contributed by atoms with Gasteiger partial charge in [0.2, 0.25) is 11.8 Å². The Labute approximate surface area is 162 Å². The molecular weight excluding hydrogens is 364 g/mol. The Kier molecular flexibility index (Phi) is 6.08. The summed E-state index contributed by atoms with van der Waals surface area (Å²) in [5.41, 5.74) is 0.468. The number of carbonyl (C=O) groups is 4. The van der Waals surface area contributed by atoms with Gasteiger partial charge in [-0.05, 0) is 25.0 Å². The minimum atomic E-state index is -0.649. The maximum atomic E-state index is 12.3. The number of methoxy groups -OCH3 is 1. The molecule has 0 aromatic heterocycles. The molecule has 1 fully saturated rings. The van der Waals surface area contributed by atoms with Crippen LogP contribution in [0.4, 0.5) is 5.69 Å². The molecule has 0 radical (unpaired) electrons. The van der Waals surface area contributed by atoms with Gasteiger partial charge in [-0.2, -0.15) is 0 Å². The number of ether oxygens (including phenoxy) is 2. The molecule has 0 bridgehead atoms. The second-order valence-electron chi connectivity index (χ2n) is 6.64. The average molecular weight is 386 g/mol. The van der Waals surface area contributed by atoms with Crippen molar-refractivity contribution >= 4 is 29.4 Å². The summed E-state index contributed by atoms with van der Waals surface area (Å²) in [7, 11) is 1.48. The smallest absolute Gasteiger partial charge is 0.308 e. The van der Waals surface area contributed by atoms with Crippen LogP contribution in [0.1, 0.15) is 19.3 Å². The molecule has 8 heteroatoms. The van der Waals surface area contributed by atoms with Gasteiger partial charge in [0.15, 0.2) is 6.61 Å². The summed E-state index contributed by atoms with van der Waals surface area (Å²) >= 11 is 0. The standard InChI is InChI=1S/C20H22N2O6/c1-27-16-9-5-4-8-15(16)21-17(23)12-28-18(24)10-11-22-19(25)13-6-2-3-7-14(13)20(22)26/h2-5,8-9,13-14H,6-7,10-12H2,1H3,(H,21,23)/t13-,14-/m1/s1. The fraction of sp³-hybridized carbons (Fsp3) is 0.400. The van der Waals surface area contributed by atoms with Crippen molar-refractivity contribution in [2.75, 3.05) is 25.6 Å². The van der Waals surface area contributed by atoms with Crippen LogP contribution in [0.2, 0.25) is 0 Å². The van der Waals surface area contributed by atoms with Crippen molar-refractivity contribution in [3.05, 3.63) is 36.4 Å². The van der Waals surface area contributed by atoms with Crippen molar-refractivity contribution < 1.29 is 28.7 Å². The van der Waals surface area contributed by atoms with Crippen molar-refractivity contribution in [1.29, 1.82) is 0 Å². The molecule has 1 aliphatic carbocycles. The maximum Gasteiger partial charge on any atom is 0.308 e. The van der Waals surface area contributed by atoms with Gasteiger partial charge < -0.3 is 14.8 Å². The van der Waals surface area contributed by atoms with Gasteiger partial charge >= 0.3 is 5.97 Å². The third kappa shape index (κ3) is 4.21. The van der Waals surface area contributed by atoms with Crippen LogP contribution in [-0.4, -0.2) is 48.9 Å². The van der Waals surface area contributed by atoms with Crippen LogP contribution >= 0.6 is 0 Å². The van der Waals surface area contributed by atoms with E-state index in [1.807, 2.05) is 12.2 Å². The van der Waals surface area contributed by atoms with Crippen molar-refractivity contribution in [2.24, 2.45) is 11.8 Å². The zero-order chi connectivity index (χ0) is 20.1. The SMILES string of the molecule is COc1ccccc1NC(=O)COC(=O)CCN1C(=O)[C@@H]2CC=CC[C@H]2C1=O. The van der Waals surface area contributed by atoms with Gasteiger partial charge in [-0.25, -0.2) is 0 Å². The quantitative estimate of drug-likeness (QED) is 0.433. The van der Waals surface area contributed by atoms with E-state index in [0.717, 1.165) is 4.90 Å². The number of hydrogen-bond donors (Lipinski definition) is 1. The minimum Gasteiger partial charge on any atom is -0.495 e. The number of nitrogens with one attached hydrogen (secondary N) is 1. The highest BCUT2D eigenvalue weighted by atomic mass is 16.5. The number of likely N-dealkylation sites (tertiary alicyclic amines) is 1. The van der Waals surface area contributed by atoms with Gasteiger partial charge in [-0.3, -0.25) is 24.1 Å². The summed E-state index contributed by atoms with van der Waals surface area (Å²) in [4.78, 5) is 49.7. The summed E-state index contributed by atoms with van der Waals surface area (Å²) in [6.45, 7) is -0.494. The highest BCUT2D eigenvalue weighted by Crippen LogP contribution is 2.35. The minimum absolute atomic E-state index is 0.0301. The molecule has 0 saturated carbocycles. The van der Waals surface area contributed by atoms with Crippen LogP contribution in [0.5, 0.6) is 5.75 Å². The molecule has 1 saturated heterocycles. The average Bonchev–Trinajstić information content (AvgIpc) is 2.95. The number of rotatable bonds is 7. The summed E-state index contributed by atoms with van der Waals surface area (Å²) in [6.07, 6.45) is 4.78. The predicted molar refractivity (Wildman–Crippen MR) is 99.3 cm³/mol. The molecule has 0 spiro atoms. The first-order valence-electron chi connectivity index (χ1n) is 9.10. The molecule has 0 unspecified atom stereocenters. The van der Waals surface area contributed by atoms with Crippen molar-refractivity contribution in [1.82, 2.24) is 4.90 Å². The molecule has 3 rings (SSSR count). The number of allylic oxidation sites excluding steroid dienone is 2. The molecule has 1 aromatic rings. The van der Waals surface area contributed by atoms with Gasteiger partial charge in [-0.1, -0.05) is 24.3 Å². The van der Waals surface area contributed by atoms with E-state index in [-0.39, 0.29) is 36.6 Å². The van der Waals surface area contributed by atoms with Crippen molar-refractivity contribution in [2.45, 2.75) is 19.3 Å². The van der Waals surface area contributed by atoms with E-state index < -0.39 is 18.5 Å².